The second-order valence-corrected chi connectivity index (χ2v) is 15.5. The van der Waals surface area contributed by atoms with Crippen molar-refractivity contribution in [2.45, 2.75) is 0 Å². The third-order valence-corrected chi connectivity index (χ3v) is 12.7. The molecule has 5 aromatic heterocycles. The second-order valence-electron chi connectivity index (χ2n) is 14.5. The number of para-hydroxylation sites is 4. The van der Waals surface area contributed by atoms with Gasteiger partial charge in [0.1, 0.15) is 5.58 Å². The summed E-state index contributed by atoms with van der Waals surface area (Å²) in [4.78, 5) is 10.9. The summed E-state index contributed by atoms with van der Waals surface area (Å²) >= 11 is 1.84. The van der Waals surface area contributed by atoms with Crippen LogP contribution in [0.1, 0.15) is 0 Å². The Labute approximate surface area is 322 Å². The van der Waals surface area contributed by atoms with Crippen molar-refractivity contribution in [3.05, 3.63) is 170 Å². The Kier molecular flexibility index (Phi) is 5.98. The second kappa shape index (κ2) is 11.1. The van der Waals surface area contributed by atoms with Gasteiger partial charge in [0.15, 0.2) is 0 Å². The van der Waals surface area contributed by atoms with E-state index in [0.29, 0.717) is 11.7 Å². The first-order valence-electron chi connectivity index (χ1n) is 18.8. The van der Waals surface area contributed by atoms with Crippen LogP contribution >= 0.6 is 11.3 Å². The summed E-state index contributed by atoms with van der Waals surface area (Å²) in [5.41, 5.74) is 8.81. The van der Waals surface area contributed by atoms with Crippen molar-refractivity contribution in [1.82, 2.24) is 19.1 Å². The molecule has 0 radical (unpaired) electrons. The molecule has 8 aromatic carbocycles. The molecule has 0 spiro atoms. The Hall–Kier alpha value is -7.28. The van der Waals surface area contributed by atoms with E-state index in [1.807, 2.05) is 23.5 Å². The van der Waals surface area contributed by atoms with Crippen LogP contribution in [0.4, 0.5) is 0 Å². The standard InChI is InChI=1S/C50H28N4OS/c1-2-14-30(15-3-1)53-38-22-10-6-16-31(38)37-28-29(26-27-40(37)53)46-45-35-20-8-12-24-41(35)55-49(45)52-50(51-46)54-39-23-11-7-19-34(39)43-32-17-4-5-18-33(32)44-36-21-9-13-25-42(36)56-48(44)47(43)54/h1-28H. The van der Waals surface area contributed by atoms with Gasteiger partial charge >= 0.3 is 0 Å². The first-order chi connectivity index (χ1) is 27.8. The number of aromatic nitrogens is 4. The first kappa shape index (κ1) is 30.1. The zero-order valence-corrected chi connectivity index (χ0v) is 30.6. The molecule has 0 saturated carbocycles. The van der Waals surface area contributed by atoms with Crippen LogP contribution < -0.4 is 0 Å². The molecule has 0 fully saturated rings. The first-order valence-corrected chi connectivity index (χ1v) is 19.7. The topological polar surface area (TPSA) is 48.8 Å². The highest BCUT2D eigenvalue weighted by Gasteiger charge is 2.25. The Morgan fingerprint density at radius 2 is 1.07 bits per heavy atom. The van der Waals surface area contributed by atoms with Crippen molar-refractivity contribution in [3.63, 3.8) is 0 Å². The van der Waals surface area contributed by atoms with Crippen LogP contribution in [0.2, 0.25) is 0 Å². The fraction of sp³-hybridized carbons (Fsp3) is 0. The number of thiophene rings is 1. The van der Waals surface area contributed by atoms with Gasteiger partial charge in [-0.1, -0.05) is 121 Å². The summed E-state index contributed by atoms with van der Waals surface area (Å²) in [6.45, 7) is 0. The van der Waals surface area contributed by atoms with Crippen molar-refractivity contribution in [2.75, 3.05) is 0 Å². The van der Waals surface area contributed by atoms with Crippen LogP contribution in [0.25, 0.3) is 120 Å². The monoisotopic (exact) mass is 732 g/mol. The van der Waals surface area contributed by atoms with Crippen molar-refractivity contribution in [1.29, 1.82) is 0 Å². The van der Waals surface area contributed by atoms with Crippen molar-refractivity contribution >= 4 is 108 Å². The van der Waals surface area contributed by atoms with Crippen molar-refractivity contribution < 1.29 is 4.42 Å². The van der Waals surface area contributed by atoms with Gasteiger partial charge in [0.05, 0.1) is 37.8 Å². The van der Waals surface area contributed by atoms with E-state index in [4.69, 9.17) is 14.4 Å². The molecule has 0 saturated heterocycles. The van der Waals surface area contributed by atoms with Crippen LogP contribution in [-0.4, -0.2) is 19.1 Å². The lowest BCUT2D eigenvalue weighted by Crippen LogP contribution is -2.03. The number of nitrogens with zero attached hydrogens (tertiary/aromatic N) is 4. The minimum Gasteiger partial charge on any atom is -0.437 e. The summed E-state index contributed by atoms with van der Waals surface area (Å²) in [5, 5.41) is 11.7. The molecule has 0 unspecified atom stereocenters. The molecule has 0 amide bonds. The molecule has 0 aliphatic carbocycles. The number of hydrogen-bond acceptors (Lipinski definition) is 4. The molecule has 5 nitrogen and oxygen atoms in total. The molecule has 5 heterocycles. The zero-order chi connectivity index (χ0) is 36.5. The maximum atomic E-state index is 6.64. The third-order valence-electron chi connectivity index (χ3n) is 11.5. The van der Waals surface area contributed by atoms with Gasteiger partial charge in [0.25, 0.3) is 0 Å². The summed E-state index contributed by atoms with van der Waals surface area (Å²) in [6, 6.07) is 60.4. The third kappa shape index (κ3) is 3.98. The zero-order valence-electron chi connectivity index (χ0n) is 29.8. The van der Waals surface area contributed by atoms with Crippen molar-refractivity contribution in [2.24, 2.45) is 0 Å². The van der Waals surface area contributed by atoms with Crippen molar-refractivity contribution in [3.8, 4) is 22.9 Å². The fourth-order valence-corrected chi connectivity index (χ4v) is 10.5. The summed E-state index contributed by atoms with van der Waals surface area (Å²) in [5.74, 6) is 0.582. The van der Waals surface area contributed by atoms with Gasteiger partial charge in [0, 0.05) is 53.7 Å². The lowest BCUT2D eigenvalue weighted by Gasteiger charge is -2.11. The van der Waals surface area contributed by atoms with Crippen LogP contribution in [0, 0.1) is 0 Å². The molecule has 0 aliphatic rings. The van der Waals surface area contributed by atoms with Crippen LogP contribution in [0.3, 0.4) is 0 Å². The summed E-state index contributed by atoms with van der Waals surface area (Å²) < 4.78 is 13.7. The molecule has 13 aromatic rings. The van der Waals surface area contributed by atoms with Gasteiger partial charge in [-0.25, -0.2) is 4.98 Å². The van der Waals surface area contributed by atoms with E-state index in [1.165, 1.54) is 52.5 Å². The number of rotatable bonds is 3. The average molecular weight is 733 g/mol. The van der Waals surface area contributed by atoms with E-state index < -0.39 is 0 Å². The maximum absolute atomic E-state index is 6.64. The van der Waals surface area contributed by atoms with Gasteiger partial charge < -0.3 is 8.98 Å². The molecule has 260 valence electrons. The molecule has 0 aliphatic heterocycles. The van der Waals surface area contributed by atoms with Gasteiger partial charge in [0.2, 0.25) is 11.7 Å². The predicted molar refractivity (Wildman–Crippen MR) is 234 cm³/mol. The number of benzene rings is 8. The van der Waals surface area contributed by atoms with E-state index in [-0.39, 0.29) is 0 Å². The molecule has 6 heteroatoms. The molecule has 56 heavy (non-hydrogen) atoms. The summed E-state index contributed by atoms with van der Waals surface area (Å²) in [7, 11) is 0. The molecule has 0 atom stereocenters. The minimum atomic E-state index is 0.567. The van der Waals surface area contributed by atoms with Crippen LogP contribution in [-0.2, 0) is 0 Å². The van der Waals surface area contributed by atoms with E-state index in [2.05, 4.69) is 167 Å². The Bertz CT molecular complexity index is 3770. The highest BCUT2D eigenvalue weighted by Crippen LogP contribution is 2.48. The smallest absolute Gasteiger partial charge is 0.238 e. The number of hydrogen-bond donors (Lipinski definition) is 0. The molecule has 0 bridgehead atoms. The number of furan rings is 1. The SMILES string of the molecule is c1ccc(-n2c3ccccc3c3cc(-c4nc(-n5c6ccccc6c6c7ccccc7c7c8ccccc8sc7c65)nc5oc6ccccc6c45)ccc32)cc1. The summed E-state index contributed by atoms with van der Waals surface area (Å²) in [6.07, 6.45) is 0. The highest BCUT2D eigenvalue weighted by molar-refractivity contribution is 7.27. The van der Waals surface area contributed by atoms with E-state index in [1.54, 1.807) is 0 Å². The maximum Gasteiger partial charge on any atom is 0.238 e. The van der Waals surface area contributed by atoms with Gasteiger partial charge in [-0.05, 0) is 59.3 Å². The van der Waals surface area contributed by atoms with E-state index >= 15 is 0 Å². The van der Waals surface area contributed by atoms with E-state index in [0.717, 1.165) is 55.4 Å². The Balaban J connectivity index is 1.18. The highest BCUT2D eigenvalue weighted by atomic mass is 32.1. The van der Waals surface area contributed by atoms with Gasteiger partial charge in [-0.3, -0.25) is 4.57 Å². The lowest BCUT2D eigenvalue weighted by atomic mass is 9.99. The van der Waals surface area contributed by atoms with Crippen LogP contribution in [0.15, 0.2) is 174 Å². The molecular formula is C50H28N4OS. The van der Waals surface area contributed by atoms with E-state index in [9.17, 15) is 0 Å². The lowest BCUT2D eigenvalue weighted by molar-refractivity contribution is 0.651. The molecule has 13 rings (SSSR count). The largest absolute Gasteiger partial charge is 0.437 e. The van der Waals surface area contributed by atoms with Crippen LogP contribution in [0.5, 0.6) is 0 Å². The average Bonchev–Trinajstić information content (AvgIpc) is 4.01. The predicted octanol–water partition coefficient (Wildman–Crippen LogP) is 13.8. The normalized spacial score (nSPS) is 12.3. The quantitative estimate of drug-likeness (QED) is 0.182. The van der Waals surface area contributed by atoms with Gasteiger partial charge in [-0.15, -0.1) is 11.3 Å². The Morgan fingerprint density at radius 3 is 1.89 bits per heavy atom. The number of fused-ring (bicyclic) bond motifs is 16. The minimum absolute atomic E-state index is 0.567. The molecular weight excluding hydrogens is 705 g/mol. The fourth-order valence-electron chi connectivity index (χ4n) is 9.23. The van der Waals surface area contributed by atoms with Gasteiger partial charge in [-0.2, -0.15) is 4.98 Å². The Morgan fingerprint density at radius 1 is 0.446 bits per heavy atom. The molecule has 0 N–H and O–H groups in total.